The molecule has 1 aromatic heterocycles. The van der Waals surface area contributed by atoms with Crippen molar-refractivity contribution in [1.82, 2.24) is 9.97 Å². The van der Waals surface area contributed by atoms with E-state index in [0.29, 0.717) is 17.4 Å². The Kier molecular flexibility index (Phi) is 6.05. The van der Waals surface area contributed by atoms with Gasteiger partial charge in [0, 0.05) is 25.5 Å². The summed E-state index contributed by atoms with van der Waals surface area (Å²) in [5.41, 5.74) is 6.08. The highest BCUT2D eigenvalue weighted by molar-refractivity contribution is 5.99. The molecule has 0 aromatic carbocycles. The first-order valence-corrected chi connectivity index (χ1v) is 6.71. The molecule has 6 heteroatoms. The van der Waals surface area contributed by atoms with Crippen LogP contribution >= 0.6 is 0 Å². The lowest BCUT2D eigenvalue weighted by Gasteiger charge is -2.27. The van der Waals surface area contributed by atoms with Gasteiger partial charge in [0.25, 0.3) is 0 Å². The standard InChI is InChI=1S/C13H23N5O/c1-4-10(5-2)9-18(6-3)13-11(12(14)17-19)15-7-8-16-13/h7-8,10,19H,4-6,9H2,1-3H3,(H2,14,17). The Balaban J connectivity index is 3.04. The maximum Gasteiger partial charge on any atom is 0.192 e. The molecule has 0 bridgehead atoms. The van der Waals surface area contributed by atoms with E-state index in [1.807, 2.05) is 0 Å². The normalized spacial score (nSPS) is 11.9. The van der Waals surface area contributed by atoms with E-state index in [-0.39, 0.29) is 5.84 Å². The van der Waals surface area contributed by atoms with Crippen LogP contribution in [0.4, 0.5) is 5.82 Å². The van der Waals surface area contributed by atoms with Crippen LogP contribution in [0.15, 0.2) is 17.5 Å². The number of rotatable bonds is 7. The number of nitrogens with zero attached hydrogens (tertiary/aromatic N) is 4. The van der Waals surface area contributed by atoms with Gasteiger partial charge in [-0.3, -0.25) is 0 Å². The molecule has 1 aromatic rings. The summed E-state index contributed by atoms with van der Waals surface area (Å²) in [5, 5.41) is 11.8. The molecule has 3 N–H and O–H groups in total. The smallest absolute Gasteiger partial charge is 0.192 e. The molecule has 1 heterocycles. The van der Waals surface area contributed by atoms with E-state index in [9.17, 15) is 0 Å². The molecule has 106 valence electrons. The van der Waals surface area contributed by atoms with Crippen molar-refractivity contribution in [1.29, 1.82) is 0 Å². The summed E-state index contributed by atoms with van der Waals surface area (Å²) < 4.78 is 0. The molecule has 0 aliphatic heterocycles. The fourth-order valence-electron chi connectivity index (χ4n) is 2.01. The van der Waals surface area contributed by atoms with Crippen molar-refractivity contribution in [3.63, 3.8) is 0 Å². The van der Waals surface area contributed by atoms with Crippen LogP contribution in [0.5, 0.6) is 0 Å². The first-order valence-electron chi connectivity index (χ1n) is 6.71. The van der Waals surface area contributed by atoms with Gasteiger partial charge in [-0.2, -0.15) is 0 Å². The number of nitrogens with two attached hydrogens (primary N) is 1. The molecular formula is C13H23N5O. The van der Waals surface area contributed by atoms with Crippen LogP contribution in [-0.2, 0) is 0 Å². The maximum absolute atomic E-state index is 8.82. The minimum Gasteiger partial charge on any atom is -0.409 e. The molecule has 0 unspecified atom stereocenters. The second-order valence-electron chi connectivity index (χ2n) is 4.43. The number of anilines is 1. The van der Waals surface area contributed by atoms with E-state index >= 15 is 0 Å². The second-order valence-corrected chi connectivity index (χ2v) is 4.43. The van der Waals surface area contributed by atoms with Gasteiger partial charge in [-0.1, -0.05) is 31.8 Å². The van der Waals surface area contributed by atoms with Crippen molar-refractivity contribution in [2.75, 3.05) is 18.0 Å². The summed E-state index contributed by atoms with van der Waals surface area (Å²) in [6.45, 7) is 8.13. The molecule has 19 heavy (non-hydrogen) atoms. The molecule has 0 aliphatic rings. The van der Waals surface area contributed by atoms with Crippen molar-refractivity contribution in [3.05, 3.63) is 18.1 Å². The summed E-state index contributed by atoms with van der Waals surface area (Å²) in [5.74, 6) is 1.26. The minimum absolute atomic E-state index is 0.00824. The number of amidine groups is 1. The summed E-state index contributed by atoms with van der Waals surface area (Å²) >= 11 is 0. The average Bonchev–Trinajstić information content (AvgIpc) is 2.48. The summed E-state index contributed by atoms with van der Waals surface area (Å²) in [4.78, 5) is 10.6. The van der Waals surface area contributed by atoms with Crippen molar-refractivity contribution >= 4 is 11.7 Å². The zero-order valence-electron chi connectivity index (χ0n) is 11.9. The number of hydrogen-bond acceptors (Lipinski definition) is 5. The SMILES string of the molecule is CCC(CC)CN(CC)c1nccnc1C(N)=NO. The quantitative estimate of drug-likeness (QED) is 0.340. The molecule has 0 fully saturated rings. The monoisotopic (exact) mass is 265 g/mol. The van der Waals surface area contributed by atoms with Gasteiger partial charge in [-0.25, -0.2) is 9.97 Å². The van der Waals surface area contributed by atoms with E-state index in [2.05, 4.69) is 40.8 Å². The van der Waals surface area contributed by atoms with E-state index in [1.165, 1.54) is 0 Å². The maximum atomic E-state index is 8.82. The summed E-state index contributed by atoms with van der Waals surface area (Å²) in [7, 11) is 0. The van der Waals surface area contributed by atoms with Gasteiger partial charge in [-0.15, -0.1) is 0 Å². The lowest BCUT2D eigenvalue weighted by Crippen LogP contribution is -2.32. The molecule has 0 saturated carbocycles. The van der Waals surface area contributed by atoms with Gasteiger partial charge >= 0.3 is 0 Å². The molecule has 0 spiro atoms. The van der Waals surface area contributed by atoms with Crippen LogP contribution in [0.25, 0.3) is 0 Å². The van der Waals surface area contributed by atoms with E-state index in [0.717, 1.165) is 25.9 Å². The predicted molar refractivity (Wildman–Crippen MR) is 76.5 cm³/mol. The first-order chi connectivity index (χ1) is 9.17. The van der Waals surface area contributed by atoms with Gasteiger partial charge in [0.1, 0.15) is 0 Å². The molecule has 1 rings (SSSR count). The Morgan fingerprint density at radius 1 is 1.32 bits per heavy atom. The molecule has 0 aliphatic carbocycles. The van der Waals surface area contributed by atoms with Crippen molar-refractivity contribution in [3.8, 4) is 0 Å². The highest BCUT2D eigenvalue weighted by Crippen LogP contribution is 2.18. The number of hydrogen-bond donors (Lipinski definition) is 2. The van der Waals surface area contributed by atoms with Crippen molar-refractivity contribution < 1.29 is 5.21 Å². The Morgan fingerprint density at radius 3 is 2.47 bits per heavy atom. The van der Waals surface area contributed by atoms with E-state index in [1.54, 1.807) is 12.4 Å². The largest absolute Gasteiger partial charge is 0.409 e. The Hall–Kier alpha value is -1.85. The Bertz CT molecular complexity index is 417. The van der Waals surface area contributed by atoms with Crippen LogP contribution in [-0.4, -0.2) is 34.1 Å². The first kappa shape index (κ1) is 15.2. The zero-order valence-corrected chi connectivity index (χ0v) is 11.9. The van der Waals surface area contributed by atoms with Crippen LogP contribution in [0.3, 0.4) is 0 Å². The highest BCUT2D eigenvalue weighted by atomic mass is 16.4. The van der Waals surface area contributed by atoms with E-state index < -0.39 is 0 Å². The van der Waals surface area contributed by atoms with Gasteiger partial charge in [0.2, 0.25) is 0 Å². The van der Waals surface area contributed by atoms with Crippen molar-refractivity contribution in [2.24, 2.45) is 16.8 Å². The predicted octanol–water partition coefficient (Wildman–Crippen LogP) is 1.83. The summed E-state index contributed by atoms with van der Waals surface area (Å²) in [6.07, 6.45) is 5.40. The van der Waals surface area contributed by atoms with Gasteiger partial charge in [0.05, 0.1) is 0 Å². The third-order valence-corrected chi connectivity index (χ3v) is 3.34. The molecule has 0 atom stereocenters. The second kappa shape index (κ2) is 7.56. The molecule has 0 saturated heterocycles. The molecule has 0 radical (unpaired) electrons. The third kappa shape index (κ3) is 3.81. The lowest BCUT2D eigenvalue weighted by atomic mass is 10.0. The third-order valence-electron chi connectivity index (χ3n) is 3.34. The fourth-order valence-corrected chi connectivity index (χ4v) is 2.01. The van der Waals surface area contributed by atoms with Crippen LogP contribution in [0.1, 0.15) is 39.3 Å². The highest BCUT2D eigenvalue weighted by Gasteiger charge is 2.18. The topological polar surface area (TPSA) is 87.6 Å². The van der Waals surface area contributed by atoms with Crippen LogP contribution < -0.4 is 10.6 Å². The van der Waals surface area contributed by atoms with E-state index in [4.69, 9.17) is 10.9 Å². The van der Waals surface area contributed by atoms with Crippen molar-refractivity contribution in [2.45, 2.75) is 33.6 Å². The molecule has 0 amide bonds. The lowest BCUT2D eigenvalue weighted by molar-refractivity contribution is 0.318. The summed E-state index contributed by atoms with van der Waals surface area (Å²) in [6, 6.07) is 0. The Labute approximate surface area is 114 Å². The van der Waals surface area contributed by atoms with Gasteiger partial charge in [0.15, 0.2) is 17.3 Å². The molecule has 6 nitrogen and oxygen atoms in total. The zero-order chi connectivity index (χ0) is 14.3. The van der Waals surface area contributed by atoms with Crippen LogP contribution in [0.2, 0.25) is 0 Å². The Morgan fingerprint density at radius 2 is 1.95 bits per heavy atom. The van der Waals surface area contributed by atoms with Gasteiger partial charge < -0.3 is 15.8 Å². The van der Waals surface area contributed by atoms with Gasteiger partial charge in [-0.05, 0) is 12.8 Å². The number of oxime groups is 1. The molecular weight excluding hydrogens is 242 g/mol. The average molecular weight is 265 g/mol. The van der Waals surface area contributed by atoms with Crippen LogP contribution in [0, 0.1) is 5.92 Å². The fraction of sp³-hybridized carbons (Fsp3) is 0.615. The minimum atomic E-state index is -0.00824. The number of aromatic nitrogens is 2.